The lowest BCUT2D eigenvalue weighted by Crippen LogP contribution is -2.28. The van der Waals surface area contributed by atoms with Crippen LogP contribution in [-0.4, -0.2) is 12.7 Å². The van der Waals surface area contributed by atoms with Crippen LogP contribution in [0.4, 0.5) is 0 Å². The van der Waals surface area contributed by atoms with Gasteiger partial charge in [0.1, 0.15) is 0 Å². The fourth-order valence-corrected chi connectivity index (χ4v) is 1.30. The highest BCUT2D eigenvalue weighted by atomic mass is 16.5. The summed E-state index contributed by atoms with van der Waals surface area (Å²) in [5.41, 5.74) is 0. The van der Waals surface area contributed by atoms with Crippen molar-refractivity contribution < 1.29 is 4.74 Å². The zero-order valence-electron chi connectivity index (χ0n) is 6.55. The van der Waals surface area contributed by atoms with Crippen LogP contribution in [0.25, 0.3) is 0 Å². The third kappa shape index (κ3) is 1.68. The standard InChI is InChI=1S/C8H16O/c1-6-4-8(3)9-5-7(6)2/h6-8H,4-5H2,1-3H3/t6-,7?,8?/m0/s1. The molecule has 0 aromatic rings. The van der Waals surface area contributed by atoms with Gasteiger partial charge in [0.25, 0.3) is 0 Å². The number of rotatable bonds is 0. The molecule has 0 radical (unpaired) electrons. The van der Waals surface area contributed by atoms with Gasteiger partial charge in [-0.1, -0.05) is 13.8 Å². The van der Waals surface area contributed by atoms with Gasteiger partial charge in [0.15, 0.2) is 0 Å². The molecule has 2 unspecified atom stereocenters. The van der Waals surface area contributed by atoms with E-state index in [4.69, 9.17) is 4.74 Å². The topological polar surface area (TPSA) is 9.23 Å². The molecule has 9 heavy (non-hydrogen) atoms. The first-order chi connectivity index (χ1) is 4.20. The highest BCUT2D eigenvalue weighted by molar-refractivity contribution is 4.70. The van der Waals surface area contributed by atoms with Crippen molar-refractivity contribution in [2.75, 3.05) is 6.61 Å². The van der Waals surface area contributed by atoms with Crippen LogP contribution in [0.1, 0.15) is 27.2 Å². The number of hydrogen-bond acceptors (Lipinski definition) is 1. The van der Waals surface area contributed by atoms with E-state index < -0.39 is 0 Å². The molecular weight excluding hydrogens is 112 g/mol. The van der Waals surface area contributed by atoms with Crippen LogP contribution in [-0.2, 0) is 4.74 Å². The van der Waals surface area contributed by atoms with Gasteiger partial charge in [0.05, 0.1) is 6.10 Å². The average Bonchev–Trinajstić information content (AvgIpc) is 1.80. The Hall–Kier alpha value is -0.0400. The Morgan fingerprint density at radius 3 is 2.22 bits per heavy atom. The summed E-state index contributed by atoms with van der Waals surface area (Å²) in [5.74, 6) is 1.62. The van der Waals surface area contributed by atoms with E-state index in [0.29, 0.717) is 6.10 Å². The van der Waals surface area contributed by atoms with E-state index in [9.17, 15) is 0 Å². The van der Waals surface area contributed by atoms with Gasteiger partial charge in [-0.3, -0.25) is 0 Å². The molecule has 1 fully saturated rings. The quantitative estimate of drug-likeness (QED) is 0.485. The molecular formula is C8H16O. The van der Waals surface area contributed by atoms with E-state index in [1.165, 1.54) is 6.42 Å². The molecule has 1 aliphatic rings. The Morgan fingerprint density at radius 1 is 1.11 bits per heavy atom. The van der Waals surface area contributed by atoms with Crippen LogP contribution in [0.5, 0.6) is 0 Å². The summed E-state index contributed by atoms with van der Waals surface area (Å²) >= 11 is 0. The summed E-state index contributed by atoms with van der Waals surface area (Å²) in [7, 11) is 0. The summed E-state index contributed by atoms with van der Waals surface area (Å²) in [4.78, 5) is 0. The average molecular weight is 128 g/mol. The lowest BCUT2D eigenvalue weighted by Gasteiger charge is -2.30. The molecule has 0 aromatic carbocycles. The van der Waals surface area contributed by atoms with E-state index in [-0.39, 0.29) is 0 Å². The maximum Gasteiger partial charge on any atom is 0.0549 e. The minimum absolute atomic E-state index is 0.496. The van der Waals surface area contributed by atoms with E-state index >= 15 is 0 Å². The van der Waals surface area contributed by atoms with Gasteiger partial charge in [-0.15, -0.1) is 0 Å². The largest absolute Gasteiger partial charge is 0.378 e. The summed E-state index contributed by atoms with van der Waals surface area (Å²) in [6.45, 7) is 7.69. The molecule has 1 nitrogen and oxygen atoms in total. The molecule has 0 bridgehead atoms. The lowest BCUT2D eigenvalue weighted by molar-refractivity contribution is -0.0263. The Kier molecular flexibility index (Phi) is 2.12. The van der Waals surface area contributed by atoms with E-state index in [0.717, 1.165) is 18.4 Å². The van der Waals surface area contributed by atoms with Gasteiger partial charge in [-0.2, -0.15) is 0 Å². The Balaban J connectivity index is 2.35. The van der Waals surface area contributed by atoms with Crippen molar-refractivity contribution in [2.45, 2.75) is 33.3 Å². The van der Waals surface area contributed by atoms with Crippen molar-refractivity contribution in [3.63, 3.8) is 0 Å². The van der Waals surface area contributed by atoms with Gasteiger partial charge < -0.3 is 4.74 Å². The predicted octanol–water partition coefficient (Wildman–Crippen LogP) is 2.07. The van der Waals surface area contributed by atoms with Crippen molar-refractivity contribution >= 4 is 0 Å². The molecule has 1 rings (SSSR count). The van der Waals surface area contributed by atoms with Crippen LogP contribution in [0.2, 0.25) is 0 Å². The first-order valence-electron chi connectivity index (χ1n) is 3.81. The fraction of sp³-hybridized carbons (Fsp3) is 1.00. The monoisotopic (exact) mass is 128 g/mol. The highest BCUT2D eigenvalue weighted by Crippen LogP contribution is 2.23. The molecule has 0 amide bonds. The highest BCUT2D eigenvalue weighted by Gasteiger charge is 2.21. The van der Waals surface area contributed by atoms with Gasteiger partial charge >= 0.3 is 0 Å². The zero-order chi connectivity index (χ0) is 6.85. The van der Waals surface area contributed by atoms with Crippen LogP contribution < -0.4 is 0 Å². The second kappa shape index (κ2) is 2.70. The molecule has 0 spiro atoms. The van der Waals surface area contributed by atoms with Crippen molar-refractivity contribution in [1.29, 1.82) is 0 Å². The van der Waals surface area contributed by atoms with Crippen molar-refractivity contribution in [3.05, 3.63) is 0 Å². The zero-order valence-corrected chi connectivity index (χ0v) is 6.55. The Labute approximate surface area is 57.4 Å². The fourth-order valence-electron chi connectivity index (χ4n) is 1.30. The Morgan fingerprint density at radius 2 is 1.78 bits per heavy atom. The third-order valence-corrected chi connectivity index (χ3v) is 2.32. The summed E-state index contributed by atoms with van der Waals surface area (Å²) < 4.78 is 5.46. The molecule has 1 heterocycles. The first-order valence-corrected chi connectivity index (χ1v) is 3.81. The van der Waals surface area contributed by atoms with Crippen LogP contribution in [0.3, 0.4) is 0 Å². The van der Waals surface area contributed by atoms with Gasteiger partial charge in [0.2, 0.25) is 0 Å². The van der Waals surface area contributed by atoms with Crippen molar-refractivity contribution in [2.24, 2.45) is 11.8 Å². The maximum absolute atomic E-state index is 5.46. The predicted molar refractivity (Wildman–Crippen MR) is 38.4 cm³/mol. The summed E-state index contributed by atoms with van der Waals surface area (Å²) in [5, 5.41) is 0. The van der Waals surface area contributed by atoms with E-state index in [1.54, 1.807) is 0 Å². The normalized spacial score (nSPS) is 45.0. The number of ether oxygens (including phenoxy) is 1. The minimum Gasteiger partial charge on any atom is -0.378 e. The first kappa shape index (κ1) is 7.07. The third-order valence-electron chi connectivity index (χ3n) is 2.32. The number of hydrogen-bond donors (Lipinski definition) is 0. The van der Waals surface area contributed by atoms with Crippen LogP contribution in [0, 0.1) is 11.8 Å². The van der Waals surface area contributed by atoms with Crippen LogP contribution in [0.15, 0.2) is 0 Å². The summed E-state index contributed by atoms with van der Waals surface area (Å²) in [6.07, 6.45) is 1.73. The second-order valence-corrected chi connectivity index (χ2v) is 3.33. The lowest BCUT2D eigenvalue weighted by atomic mass is 9.89. The van der Waals surface area contributed by atoms with Crippen LogP contribution >= 0.6 is 0 Å². The molecule has 3 atom stereocenters. The van der Waals surface area contributed by atoms with Crippen molar-refractivity contribution in [1.82, 2.24) is 0 Å². The maximum atomic E-state index is 5.46. The molecule has 0 N–H and O–H groups in total. The molecule has 1 aliphatic heterocycles. The van der Waals surface area contributed by atoms with E-state index in [1.807, 2.05) is 0 Å². The van der Waals surface area contributed by atoms with Gasteiger partial charge in [-0.25, -0.2) is 0 Å². The molecule has 0 aliphatic carbocycles. The SMILES string of the molecule is CC1C[C@H](C)C(C)CO1. The second-order valence-electron chi connectivity index (χ2n) is 3.33. The molecule has 0 saturated carbocycles. The van der Waals surface area contributed by atoms with Gasteiger partial charge in [0, 0.05) is 6.61 Å². The van der Waals surface area contributed by atoms with Crippen molar-refractivity contribution in [3.8, 4) is 0 Å². The summed E-state index contributed by atoms with van der Waals surface area (Å²) in [6, 6.07) is 0. The Bertz CT molecular complexity index is 90.6. The molecule has 0 aromatic heterocycles. The van der Waals surface area contributed by atoms with E-state index in [2.05, 4.69) is 20.8 Å². The van der Waals surface area contributed by atoms with Gasteiger partial charge in [-0.05, 0) is 25.2 Å². The molecule has 1 heteroatoms. The molecule has 54 valence electrons. The minimum atomic E-state index is 0.496. The molecule has 1 saturated heterocycles. The smallest absolute Gasteiger partial charge is 0.0549 e.